The molecule has 112 valence electrons. The van der Waals surface area contributed by atoms with E-state index in [1.807, 2.05) is 0 Å². The number of carbonyl (C=O) groups is 3. The van der Waals surface area contributed by atoms with Gasteiger partial charge in [-0.3, -0.25) is 19.3 Å². The summed E-state index contributed by atoms with van der Waals surface area (Å²) in [6.07, 6.45) is 0. The van der Waals surface area contributed by atoms with E-state index in [1.54, 1.807) is 6.92 Å². The van der Waals surface area contributed by atoms with E-state index < -0.39 is 34.9 Å². The molecule has 1 N–H and O–H groups in total. The summed E-state index contributed by atoms with van der Waals surface area (Å²) in [4.78, 5) is 36.0. The molecule has 1 heterocycles. The lowest BCUT2D eigenvalue weighted by molar-refractivity contribution is -0.146. The van der Waals surface area contributed by atoms with Gasteiger partial charge in [0.2, 0.25) is 0 Å². The van der Waals surface area contributed by atoms with Gasteiger partial charge < -0.3 is 10.1 Å². The van der Waals surface area contributed by atoms with Crippen LogP contribution >= 0.6 is 11.8 Å². The maximum absolute atomic E-state index is 12.8. The Morgan fingerprint density at radius 1 is 1.38 bits per heavy atom. The second-order valence-corrected chi connectivity index (χ2v) is 5.20. The number of thioether (sulfide) groups is 1. The SMILES string of the molecule is CCOC(=O)CN1C(=O)S[C@@H](Nc2ccc(F)cc2)C1=O. The van der Waals surface area contributed by atoms with Crippen LogP contribution in [0.5, 0.6) is 0 Å². The van der Waals surface area contributed by atoms with E-state index in [0.717, 1.165) is 16.7 Å². The van der Waals surface area contributed by atoms with Gasteiger partial charge in [0.1, 0.15) is 12.4 Å². The molecule has 1 aromatic rings. The predicted octanol–water partition coefficient (Wildman–Crippen LogP) is 1.82. The van der Waals surface area contributed by atoms with Crippen LogP contribution in [0.3, 0.4) is 0 Å². The molecule has 1 saturated heterocycles. The number of halogens is 1. The summed E-state index contributed by atoms with van der Waals surface area (Å²) in [5.74, 6) is -1.56. The fourth-order valence-electron chi connectivity index (χ4n) is 1.71. The van der Waals surface area contributed by atoms with Gasteiger partial charge in [-0.15, -0.1) is 0 Å². The fraction of sp³-hybridized carbons (Fsp3) is 0.308. The third-order valence-corrected chi connectivity index (χ3v) is 3.64. The van der Waals surface area contributed by atoms with Crippen LogP contribution in [-0.2, 0) is 14.3 Å². The van der Waals surface area contributed by atoms with Gasteiger partial charge in [-0.25, -0.2) is 4.39 Å². The number of hydrogen-bond acceptors (Lipinski definition) is 6. The van der Waals surface area contributed by atoms with Crippen molar-refractivity contribution in [3.63, 3.8) is 0 Å². The second kappa shape index (κ2) is 6.57. The van der Waals surface area contributed by atoms with Crippen molar-refractivity contribution in [1.82, 2.24) is 4.90 Å². The van der Waals surface area contributed by atoms with E-state index >= 15 is 0 Å². The lowest BCUT2D eigenvalue weighted by atomic mass is 10.3. The maximum atomic E-state index is 12.8. The van der Waals surface area contributed by atoms with E-state index in [0.29, 0.717) is 5.69 Å². The number of anilines is 1. The van der Waals surface area contributed by atoms with Gasteiger partial charge in [0.05, 0.1) is 6.61 Å². The van der Waals surface area contributed by atoms with Gasteiger partial charge in [0.15, 0.2) is 5.37 Å². The summed E-state index contributed by atoms with van der Waals surface area (Å²) >= 11 is 0.766. The molecule has 1 atom stereocenters. The molecule has 1 aromatic carbocycles. The van der Waals surface area contributed by atoms with Crippen LogP contribution in [0.1, 0.15) is 6.92 Å². The number of benzene rings is 1. The van der Waals surface area contributed by atoms with Gasteiger partial charge in [-0.1, -0.05) is 0 Å². The first-order chi connectivity index (χ1) is 10.0. The van der Waals surface area contributed by atoms with E-state index in [-0.39, 0.29) is 6.61 Å². The van der Waals surface area contributed by atoms with E-state index in [2.05, 4.69) is 5.32 Å². The predicted molar refractivity (Wildman–Crippen MR) is 75.1 cm³/mol. The summed E-state index contributed by atoms with van der Waals surface area (Å²) < 4.78 is 17.5. The average molecular weight is 312 g/mol. The highest BCUT2D eigenvalue weighted by atomic mass is 32.2. The molecule has 0 unspecified atom stereocenters. The first-order valence-corrected chi connectivity index (χ1v) is 7.09. The number of carbonyl (C=O) groups excluding carboxylic acids is 3. The zero-order valence-corrected chi connectivity index (χ0v) is 12.0. The fourth-order valence-corrected chi connectivity index (χ4v) is 2.62. The van der Waals surface area contributed by atoms with Crippen molar-refractivity contribution in [2.24, 2.45) is 0 Å². The number of ether oxygens (including phenoxy) is 1. The molecule has 2 rings (SSSR count). The Bertz CT molecular complexity index is 564. The molecule has 21 heavy (non-hydrogen) atoms. The highest BCUT2D eigenvalue weighted by molar-refractivity contribution is 8.15. The Morgan fingerprint density at radius 3 is 2.67 bits per heavy atom. The minimum Gasteiger partial charge on any atom is -0.465 e. The Labute approximate surface area is 124 Å². The minimum atomic E-state index is -0.836. The van der Waals surface area contributed by atoms with Crippen molar-refractivity contribution in [1.29, 1.82) is 0 Å². The summed E-state index contributed by atoms with van der Waals surface area (Å²) in [7, 11) is 0. The Morgan fingerprint density at radius 2 is 2.05 bits per heavy atom. The zero-order chi connectivity index (χ0) is 15.4. The number of hydrogen-bond donors (Lipinski definition) is 1. The number of rotatable bonds is 5. The van der Waals surface area contributed by atoms with E-state index in [9.17, 15) is 18.8 Å². The monoisotopic (exact) mass is 312 g/mol. The van der Waals surface area contributed by atoms with Crippen molar-refractivity contribution >= 4 is 34.6 Å². The summed E-state index contributed by atoms with van der Waals surface area (Å²) in [5.41, 5.74) is 0.507. The molecule has 0 spiro atoms. The standard InChI is InChI=1S/C13H13FN2O4S/c1-2-20-10(17)7-16-12(18)11(21-13(16)19)15-9-5-3-8(14)4-6-9/h3-6,11,15H,2,7H2,1H3/t11-/m1/s1. The van der Waals surface area contributed by atoms with Crippen LogP contribution < -0.4 is 5.32 Å². The lowest BCUT2D eigenvalue weighted by Gasteiger charge is -2.14. The normalized spacial score (nSPS) is 18.0. The smallest absolute Gasteiger partial charge is 0.326 e. The van der Waals surface area contributed by atoms with Gasteiger partial charge in [-0.05, 0) is 43.0 Å². The van der Waals surface area contributed by atoms with Gasteiger partial charge >= 0.3 is 5.97 Å². The van der Waals surface area contributed by atoms with Crippen LogP contribution in [0.4, 0.5) is 14.9 Å². The molecule has 0 radical (unpaired) electrons. The largest absolute Gasteiger partial charge is 0.465 e. The van der Waals surface area contributed by atoms with Crippen molar-refractivity contribution in [2.75, 3.05) is 18.5 Å². The van der Waals surface area contributed by atoms with Crippen molar-refractivity contribution in [3.8, 4) is 0 Å². The van der Waals surface area contributed by atoms with Crippen LogP contribution in [0.25, 0.3) is 0 Å². The Hall–Kier alpha value is -2.09. The number of nitrogens with zero attached hydrogens (tertiary/aromatic N) is 1. The van der Waals surface area contributed by atoms with Gasteiger partial charge in [0.25, 0.3) is 11.1 Å². The minimum absolute atomic E-state index is 0.180. The molecule has 6 nitrogen and oxygen atoms in total. The summed E-state index contributed by atoms with van der Waals surface area (Å²) in [6.45, 7) is 1.42. The highest BCUT2D eigenvalue weighted by Gasteiger charge is 2.40. The topological polar surface area (TPSA) is 75.7 Å². The van der Waals surface area contributed by atoms with Crippen LogP contribution in [0, 0.1) is 5.82 Å². The summed E-state index contributed by atoms with van der Waals surface area (Å²) in [6, 6.07) is 5.40. The molecule has 0 bridgehead atoms. The van der Waals surface area contributed by atoms with Crippen molar-refractivity contribution in [2.45, 2.75) is 12.3 Å². The van der Waals surface area contributed by atoms with Crippen molar-refractivity contribution < 1.29 is 23.5 Å². The molecule has 1 aliphatic heterocycles. The molecule has 2 amide bonds. The Kier molecular flexibility index (Phi) is 4.79. The number of nitrogens with one attached hydrogen (secondary N) is 1. The third-order valence-electron chi connectivity index (χ3n) is 2.66. The average Bonchev–Trinajstić information content (AvgIpc) is 2.69. The molecule has 0 saturated carbocycles. The van der Waals surface area contributed by atoms with E-state index in [4.69, 9.17) is 4.74 Å². The number of amides is 2. The molecular weight excluding hydrogens is 299 g/mol. The van der Waals surface area contributed by atoms with Crippen LogP contribution in [-0.4, -0.2) is 40.5 Å². The zero-order valence-electron chi connectivity index (χ0n) is 11.2. The first kappa shape index (κ1) is 15.3. The maximum Gasteiger partial charge on any atom is 0.326 e. The van der Waals surface area contributed by atoms with Gasteiger partial charge in [-0.2, -0.15) is 0 Å². The number of esters is 1. The molecule has 0 aliphatic carbocycles. The molecule has 1 aliphatic rings. The van der Waals surface area contributed by atoms with Gasteiger partial charge in [0, 0.05) is 5.69 Å². The van der Waals surface area contributed by atoms with Crippen molar-refractivity contribution in [3.05, 3.63) is 30.1 Å². The quantitative estimate of drug-likeness (QED) is 0.836. The molecular formula is C13H13FN2O4S. The first-order valence-electron chi connectivity index (χ1n) is 6.21. The third kappa shape index (κ3) is 3.72. The van der Waals surface area contributed by atoms with Crippen LogP contribution in [0.2, 0.25) is 0 Å². The number of imide groups is 1. The molecule has 8 heteroatoms. The second-order valence-electron chi connectivity index (χ2n) is 4.14. The summed E-state index contributed by atoms with van der Waals surface area (Å²) in [5, 5.41) is 1.46. The van der Waals surface area contributed by atoms with E-state index in [1.165, 1.54) is 24.3 Å². The Balaban J connectivity index is 2.00. The highest BCUT2D eigenvalue weighted by Crippen LogP contribution is 2.28. The molecule has 1 fully saturated rings. The lowest BCUT2D eigenvalue weighted by Crippen LogP contribution is -2.38. The molecule has 0 aromatic heterocycles. The van der Waals surface area contributed by atoms with Crippen LogP contribution in [0.15, 0.2) is 24.3 Å².